The summed E-state index contributed by atoms with van der Waals surface area (Å²) in [5, 5.41) is 3.37. The van der Waals surface area contributed by atoms with Gasteiger partial charge in [0.15, 0.2) is 0 Å². The van der Waals surface area contributed by atoms with E-state index in [9.17, 15) is 4.79 Å². The minimum absolute atomic E-state index is 0.169. The van der Waals surface area contributed by atoms with E-state index in [2.05, 4.69) is 52.1 Å². The first-order chi connectivity index (χ1) is 10.1. The molecule has 0 fully saturated rings. The minimum atomic E-state index is 0.169. The van der Waals surface area contributed by atoms with Gasteiger partial charge in [-0.3, -0.25) is 0 Å². The maximum absolute atomic E-state index is 11.4. The Morgan fingerprint density at radius 2 is 1.76 bits per heavy atom. The van der Waals surface area contributed by atoms with Crippen molar-refractivity contribution in [2.24, 2.45) is 0 Å². The van der Waals surface area contributed by atoms with Crippen LogP contribution < -0.4 is 5.32 Å². The Bertz CT molecular complexity index is 647. The van der Waals surface area contributed by atoms with Crippen molar-refractivity contribution in [3.63, 3.8) is 0 Å². The van der Waals surface area contributed by atoms with E-state index < -0.39 is 0 Å². The van der Waals surface area contributed by atoms with Gasteiger partial charge < -0.3 is 0 Å². The van der Waals surface area contributed by atoms with Crippen LogP contribution >= 0.6 is 0 Å². The normalized spacial score (nSPS) is 10.2. The molecule has 2 aromatic rings. The molecule has 2 nitrogen and oxygen atoms in total. The van der Waals surface area contributed by atoms with Crippen LogP contribution in [0.3, 0.4) is 0 Å². The van der Waals surface area contributed by atoms with Crippen molar-refractivity contribution in [2.45, 2.75) is 26.7 Å². The number of hydrogen-bond acceptors (Lipinski definition) is 2. The van der Waals surface area contributed by atoms with Crippen LogP contribution in [0.5, 0.6) is 0 Å². The topological polar surface area (TPSA) is 29.1 Å². The van der Waals surface area contributed by atoms with Crippen LogP contribution in [-0.2, 0) is 17.6 Å². The third-order valence-electron chi connectivity index (χ3n) is 3.32. The molecule has 0 saturated carbocycles. The van der Waals surface area contributed by atoms with Crippen LogP contribution in [0.4, 0.5) is 5.69 Å². The van der Waals surface area contributed by atoms with E-state index in [4.69, 9.17) is 0 Å². The molecule has 0 saturated heterocycles. The molecule has 0 radical (unpaired) electrons. The number of hydrogen-bond donors (Lipinski definition) is 1. The standard InChI is InChI=1S/C18H19NOSe/c1-3-14-8-10-16(11-9-14)19-18(21)17-7-5-4-6-15(17)12-13(2)20/h4-11H,3,12H2,1-2H3,(H,19,21). The summed E-state index contributed by atoms with van der Waals surface area (Å²) in [6, 6.07) is 16.4. The maximum atomic E-state index is 11.4. The second-order valence-corrected chi connectivity index (χ2v) is 5.90. The molecule has 0 bridgehead atoms. The van der Waals surface area contributed by atoms with Crippen molar-refractivity contribution >= 4 is 31.6 Å². The van der Waals surface area contributed by atoms with Crippen molar-refractivity contribution in [2.75, 3.05) is 5.32 Å². The van der Waals surface area contributed by atoms with E-state index in [0.29, 0.717) is 6.42 Å². The number of aryl methyl sites for hydroxylation is 1. The molecular weight excluding hydrogens is 325 g/mol. The Morgan fingerprint density at radius 1 is 1.10 bits per heavy atom. The van der Waals surface area contributed by atoms with Gasteiger partial charge in [0.2, 0.25) is 0 Å². The van der Waals surface area contributed by atoms with Gasteiger partial charge in [0.05, 0.1) is 0 Å². The molecule has 108 valence electrons. The SMILES string of the molecule is CCc1ccc(NC(=[Se])c2ccccc2CC(C)=O)cc1. The summed E-state index contributed by atoms with van der Waals surface area (Å²) in [7, 11) is 0. The molecule has 0 aromatic heterocycles. The van der Waals surface area contributed by atoms with Crippen molar-refractivity contribution in [1.29, 1.82) is 0 Å². The van der Waals surface area contributed by atoms with Crippen LogP contribution in [0, 0.1) is 0 Å². The van der Waals surface area contributed by atoms with Gasteiger partial charge in [0.25, 0.3) is 0 Å². The van der Waals surface area contributed by atoms with Gasteiger partial charge in [-0.05, 0) is 0 Å². The number of Topliss-reactive ketones (excluding diaryl/α,β-unsaturated/α-hetero) is 1. The predicted octanol–water partition coefficient (Wildman–Crippen LogP) is 3.14. The zero-order valence-corrected chi connectivity index (χ0v) is 14.1. The first kappa shape index (κ1) is 15.7. The number of carbonyl (C=O) groups excluding carboxylic acids is 1. The Hall–Kier alpha value is -1.70. The molecule has 21 heavy (non-hydrogen) atoms. The predicted molar refractivity (Wildman–Crippen MR) is 90.1 cm³/mol. The first-order valence-electron chi connectivity index (χ1n) is 7.07. The number of rotatable bonds is 6. The molecule has 0 aliphatic carbocycles. The number of carbonyl (C=O) groups is 1. The van der Waals surface area contributed by atoms with E-state index in [1.807, 2.05) is 24.3 Å². The van der Waals surface area contributed by atoms with Gasteiger partial charge in [-0.2, -0.15) is 0 Å². The summed E-state index contributed by atoms with van der Waals surface area (Å²) in [5.74, 6) is 0.169. The molecule has 0 heterocycles. The van der Waals surface area contributed by atoms with Gasteiger partial charge in [0, 0.05) is 0 Å². The fraction of sp³-hybridized carbons (Fsp3) is 0.222. The van der Waals surface area contributed by atoms with E-state index >= 15 is 0 Å². The van der Waals surface area contributed by atoms with Crippen LogP contribution in [0.15, 0.2) is 48.5 Å². The molecule has 0 aliphatic heterocycles. The zero-order valence-electron chi connectivity index (χ0n) is 12.3. The van der Waals surface area contributed by atoms with Crippen molar-refractivity contribution in [3.05, 3.63) is 65.2 Å². The van der Waals surface area contributed by atoms with Gasteiger partial charge >= 0.3 is 134 Å². The molecular formula is C18H19NOSe. The Labute approximate surface area is 133 Å². The molecule has 0 spiro atoms. The summed E-state index contributed by atoms with van der Waals surface area (Å²) in [4.78, 5) is 11.4. The Morgan fingerprint density at radius 3 is 2.38 bits per heavy atom. The number of nitrogens with one attached hydrogen (secondary N) is 1. The number of benzene rings is 2. The Balaban J connectivity index is 2.17. The summed E-state index contributed by atoms with van der Waals surface area (Å²) < 4.78 is 0.941. The molecule has 1 N–H and O–H groups in total. The van der Waals surface area contributed by atoms with E-state index in [0.717, 1.165) is 27.8 Å². The Kier molecular flexibility index (Phi) is 5.49. The van der Waals surface area contributed by atoms with Gasteiger partial charge in [0.1, 0.15) is 0 Å². The monoisotopic (exact) mass is 345 g/mol. The fourth-order valence-electron chi connectivity index (χ4n) is 2.19. The van der Waals surface area contributed by atoms with Crippen LogP contribution in [-0.4, -0.2) is 25.9 Å². The molecule has 0 unspecified atom stereocenters. The quantitative estimate of drug-likeness (QED) is 0.816. The molecule has 2 aromatic carbocycles. The van der Waals surface area contributed by atoms with E-state index in [1.54, 1.807) is 6.92 Å². The van der Waals surface area contributed by atoms with Gasteiger partial charge in [-0.1, -0.05) is 0 Å². The summed E-state index contributed by atoms with van der Waals surface area (Å²) >= 11 is 3.08. The molecule has 0 aliphatic rings. The average molecular weight is 344 g/mol. The summed E-state index contributed by atoms with van der Waals surface area (Å²) in [5.41, 5.74) is 4.45. The first-order valence-corrected chi connectivity index (χ1v) is 7.93. The van der Waals surface area contributed by atoms with Crippen LogP contribution in [0.2, 0.25) is 0 Å². The molecule has 3 heteroatoms. The van der Waals surface area contributed by atoms with Crippen LogP contribution in [0.1, 0.15) is 30.5 Å². The zero-order chi connectivity index (χ0) is 15.2. The van der Waals surface area contributed by atoms with Crippen LogP contribution in [0.25, 0.3) is 0 Å². The second kappa shape index (κ2) is 7.35. The summed E-state index contributed by atoms with van der Waals surface area (Å²) in [6.45, 7) is 3.76. The molecule has 0 amide bonds. The number of ketones is 1. The number of anilines is 1. The van der Waals surface area contributed by atoms with E-state index in [1.165, 1.54) is 5.56 Å². The van der Waals surface area contributed by atoms with Crippen molar-refractivity contribution in [1.82, 2.24) is 0 Å². The van der Waals surface area contributed by atoms with Gasteiger partial charge in [-0.15, -0.1) is 0 Å². The third kappa shape index (κ3) is 4.38. The third-order valence-corrected chi connectivity index (χ3v) is 4.00. The van der Waals surface area contributed by atoms with Crippen molar-refractivity contribution < 1.29 is 4.79 Å². The molecule has 0 atom stereocenters. The molecule has 2 rings (SSSR count). The average Bonchev–Trinajstić information content (AvgIpc) is 2.48. The van der Waals surface area contributed by atoms with E-state index in [-0.39, 0.29) is 5.78 Å². The summed E-state index contributed by atoms with van der Waals surface area (Å²) in [6.07, 6.45) is 1.49. The second-order valence-electron chi connectivity index (χ2n) is 5.04. The fourth-order valence-corrected chi connectivity index (χ4v) is 2.85. The van der Waals surface area contributed by atoms with Gasteiger partial charge in [-0.25, -0.2) is 0 Å². The van der Waals surface area contributed by atoms with Crippen molar-refractivity contribution in [3.8, 4) is 0 Å².